The lowest BCUT2D eigenvalue weighted by atomic mass is 10.00. The molecule has 0 fully saturated rings. The average molecular weight is 330 g/mol. The molecular weight excluding hydrogens is 319 g/mol. The van der Waals surface area contributed by atoms with Gasteiger partial charge in [-0.15, -0.1) is 0 Å². The van der Waals surface area contributed by atoms with Gasteiger partial charge < -0.3 is 0 Å². The molecule has 0 saturated heterocycles. The third-order valence-electron chi connectivity index (χ3n) is 3.02. The molecule has 0 bridgehead atoms. The molecule has 0 aliphatic rings. The number of fused-ring (bicyclic) bond motifs is 2. The maximum atomic E-state index is 2.27. The Bertz CT molecular complexity index is 711. The van der Waals surface area contributed by atoms with E-state index in [1.54, 1.807) is 0 Å². The predicted octanol–water partition coefficient (Wildman–Crippen LogP) is 5.40. The van der Waals surface area contributed by atoms with Crippen molar-refractivity contribution in [2.75, 3.05) is 0 Å². The summed E-state index contributed by atoms with van der Waals surface area (Å²) >= 11 is 2.26. The van der Waals surface area contributed by atoms with E-state index < -0.39 is 0 Å². The van der Waals surface area contributed by atoms with Crippen LogP contribution in [0.3, 0.4) is 0 Å². The van der Waals surface area contributed by atoms with Crippen LogP contribution in [-0.4, -0.2) is 0 Å². The topological polar surface area (TPSA) is 0 Å². The molecule has 0 nitrogen and oxygen atoms in total. The Morgan fingerprint density at radius 2 is 1.47 bits per heavy atom. The van der Waals surface area contributed by atoms with Crippen molar-refractivity contribution in [2.24, 2.45) is 0 Å². The zero-order chi connectivity index (χ0) is 11.7. The van der Waals surface area contributed by atoms with Crippen LogP contribution in [0.5, 0.6) is 0 Å². The molecule has 0 heterocycles. The first-order valence-corrected chi connectivity index (χ1v) is 6.81. The van der Waals surface area contributed by atoms with Gasteiger partial charge in [0.2, 0.25) is 0 Å². The largest absolute Gasteiger partial charge is 0.0616 e. The van der Waals surface area contributed by atoms with Crippen molar-refractivity contribution in [1.29, 1.82) is 0 Å². The molecule has 0 atom stereocenters. The van der Waals surface area contributed by atoms with Crippen molar-refractivity contribution < 1.29 is 0 Å². The summed E-state index contributed by atoms with van der Waals surface area (Å²) in [7, 11) is 0. The molecule has 1 heteroatoms. The van der Waals surface area contributed by atoms with Crippen molar-refractivity contribution in [3.05, 3.63) is 64.2 Å². The number of benzene rings is 3. The quantitative estimate of drug-likeness (QED) is 0.414. The number of hydrogen-bond acceptors (Lipinski definition) is 0. The molecule has 0 aliphatic heterocycles. The van der Waals surface area contributed by atoms with E-state index in [9.17, 15) is 0 Å². The molecule has 82 valence electrons. The van der Waals surface area contributed by atoms with Crippen LogP contribution in [0.4, 0.5) is 0 Å². The lowest BCUT2D eigenvalue weighted by Gasteiger charge is -2.05. The minimum atomic E-state index is 1.28. The zero-order valence-corrected chi connectivity index (χ0v) is 11.4. The van der Waals surface area contributed by atoms with Crippen LogP contribution in [0.15, 0.2) is 58.7 Å². The summed E-state index contributed by atoms with van der Waals surface area (Å²) in [5, 5.41) is 5.22. The van der Waals surface area contributed by atoms with Crippen LogP contribution in [0.25, 0.3) is 27.6 Å². The van der Waals surface area contributed by atoms with Crippen molar-refractivity contribution >= 4 is 50.2 Å². The molecule has 0 amide bonds. The molecule has 0 N–H and O–H groups in total. The molecule has 3 rings (SSSR count). The maximum absolute atomic E-state index is 2.27. The van der Waals surface area contributed by atoms with Gasteiger partial charge in [0.25, 0.3) is 0 Å². The zero-order valence-electron chi connectivity index (χ0n) is 9.23. The Labute approximate surface area is 114 Å². The van der Waals surface area contributed by atoms with Crippen molar-refractivity contribution in [1.82, 2.24) is 0 Å². The second-order valence-electron chi connectivity index (χ2n) is 4.06. The Morgan fingerprint density at radius 1 is 0.765 bits per heavy atom. The van der Waals surface area contributed by atoms with Crippen molar-refractivity contribution in [3.8, 4) is 0 Å². The van der Waals surface area contributed by atoms with E-state index in [1.165, 1.54) is 27.1 Å². The van der Waals surface area contributed by atoms with Gasteiger partial charge >= 0.3 is 0 Å². The van der Waals surface area contributed by atoms with Gasteiger partial charge in [0, 0.05) is 0 Å². The summed E-state index contributed by atoms with van der Waals surface area (Å²) in [6, 6.07) is 19.5. The Hall–Kier alpha value is -1.35. The van der Waals surface area contributed by atoms with Crippen LogP contribution in [-0.2, 0) is 0 Å². The first-order valence-electron chi connectivity index (χ1n) is 5.57. The lowest BCUT2D eigenvalue weighted by molar-refractivity contribution is 1.73. The Balaban J connectivity index is 2.43. The SMILES string of the molecule is I/C=C/c1cccc2cc3ccccc3cc12. The fourth-order valence-electron chi connectivity index (χ4n) is 2.20. The van der Waals surface area contributed by atoms with E-state index >= 15 is 0 Å². The van der Waals surface area contributed by atoms with Gasteiger partial charge in [-0.05, 0) is 49.4 Å². The van der Waals surface area contributed by atoms with E-state index in [4.69, 9.17) is 0 Å². The average Bonchev–Trinajstić information content (AvgIpc) is 2.37. The van der Waals surface area contributed by atoms with Crippen LogP contribution in [0, 0.1) is 0 Å². The van der Waals surface area contributed by atoms with Gasteiger partial charge in [-0.1, -0.05) is 65.1 Å². The summed E-state index contributed by atoms with van der Waals surface area (Å²) in [4.78, 5) is 0. The molecule has 0 aromatic heterocycles. The predicted molar refractivity (Wildman–Crippen MR) is 84.5 cm³/mol. The third kappa shape index (κ3) is 1.95. The van der Waals surface area contributed by atoms with Crippen LogP contribution in [0.1, 0.15) is 5.56 Å². The monoisotopic (exact) mass is 330 g/mol. The highest BCUT2D eigenvalue weighted by Crippen LogP contribution is 2.26. The number of halogens is 1. The molecule has 3 aromatic rings. The van der Waals surface area contributed by atoms with Gasteiger partial charge in [0.15, 0.2) is 0 Å². The van der Waals surface area contributed by atoms with Gasteiger partial charge in [-0.25, -0.2) is 0 Å². The highest BCUT2D eigenvalue weighted by atomic mass is 127. The van der Waals surface area contributed by atoms with Crippen LogP contribution in [0.2, 0.25) is 0 Å². The summed E-state index contributed by atoms with van der Waals surface area (Å²) in [5.74, 6) is 0. The fraction of sp³-hybridized carbons (Fsp3) is 0. The molecular formula is C16H11I. The van der Waals surface area contributed by atoms with Gasteiger partial charge in [0.05, 0.1) is 0 Å². The number of hydrogen-bond donors (Lipinski definition) is 0. The van der Waals surface area contributed by atoms with Crippen molar-refractivity contribution in [3.63, 3.8) is 0 Å². The first kappa shape index (κ1) is 10.8. The second-order valence-corrected chi connectivity index (χ2v) is 4.78. The molecule has 0 aliphatic carbocycles. The number of rotatable bonds is 1. The van der Waals surface area contributed by atoms with E-state index in [-0.39, 0.29) is 0 Å². The highest BCUT2D eigenvalue weighted by molar-refractivity contribution is 14.1. The minimum Gasteiger partial charge on any atom is -0.0616 e. The standard InChI is InChI=1S/C16H11I/c17-9-8-12-6-3-7-15-10-13-4-1-2-5-14(13)11-16(12)15/h1-11H/b9-8+. The summed E-state index contributed by atoms with van der Waals surface area (Å²) in [5.41, 5.74) is 1.28. The molecule has 0 radical (unpaired) electrons. The van der Waals surface area contributed by atoms with Gasteiger partial charge in [-0.2, -0.15) is 0 Å². The summed E-state index contributed by atoms with van der Waals surface area (Å²) in [6.07, 6.45) is 2.15. The lowest BCUT2D eigenvalue weighted by Crippen LogP contribution is -1.79. The smallest absolute Gasteiger partial charge is 0.0105 e. The van der Waals surface area contributed by atoms with Gasteiger partial charge in [0.1, 0.15) is 0 Å². The van der Waals surface area contributed by atoms with E-state index in [1.807, 2.05) is 0 Å². The van der Waals surface area contributed by atoms with Crippen LogP contribution >= 0.6 is 22.6 Å². The maximum Gasteiger partial charge on any atom is -0.0105 e. The molecule has 0 spiro atoms. The van der Waals surface area contributed by atoms with Crippen molar-refractivity contribution in [2.45, 2.75) is 0 Å². The second kappa shape index (κ2) is 4.49. The minimum absolute atomic E-state index is 1.28. The normalized spacial score (nSPS) is 11.6. The van der Waals surface area contributed by atoms with E-state index in [2.05, 4.69) is 87.3 Å². The molecule has 0 saturated carbocycles. The Morgan fingerprint density at radius 3 is 2.24 bits per heavy atom. The Kier molecular flexibility index (Phi) is 2.85. The fourth-order valence-corrected chi connectivity index (χ4v) is 2.59. The first-order chi connectivity index (χ1) is 8.38. The van der Waals surface area contributed by atoms with E-state index in [0.717, 1.165) is 0 Å². The van der Waals surface area contributed by atoms with E-state index in [0.29, 0.717) is 0 Å². The molecule has 3 aromatic carbocycles. The van der Waals surface area contributed by atoms with Gasteiger partial charge in [-0.3, -0.25) is 0 Å². The molecule has 0 unspecified atom stereocenters. The van der Waals surface area contributed by atoms with Crippen LogP contribution < -0.4 is 0 Å². The molecule has 17 heavy (non-hydrogen) atoms. The summed E-state index contributed by atoms with van der Waals surface area (Å²) in [6.45, 7) is 0. The summed E-state index contributed by atoms with van der Waals surface area (Å²) < 4.78 is 2.06. The highest BCUT2D eigenvalue weighted by Gasteiger charge is 2.00. The third-order valence-corrected chi connectivity index (χ3v) is 3.38.